The van der Waals surface area contributed by atoms with Gasteiger partial charge in [0.15, 0.2) is 6.10 Å². The zero-order chi connectivity index (χ0) is 21.0. The predicted octanol–water partition coefficient (Wildman–Crippen LogP) is 5.68. The van der Waals surface area contributed by atoms with Gasteiger partial charge in [-0.05, 0) is 18.2 Å². The van der Waals surface area contributed by atoms with Crippen molar-refractivity contribution in [1.29, 1.82) is 0 Å². The number of carbonyl (C=O) groups is 2. The molecule has 0 N–H and O–H groups in total. The number of nitro benzene ring substituents is 1. The Bertz CT molecular complexity index is 1070. The Morgan fingerprint density at radius 1 is 0.931 bits per heavy atom. The van der Waals surface area contributed by atoms with Crippen molar-refractivity contribution in [2.75, 3.05) is 0 Å². The van der Waals surface area contributed by atoms with E-state index in [1.165, 1.54) is 12.1 Å². The van der Waals surface area contributed by atoms with Gasteiger partial charge in [0.1, 0.15) is 0 Å². The molecule has 0 aliphatic rings. The molecule has 0 fully saturated rings. The average Bonchev–Trinajstić information content (AvgIpc) is 2.73. The highest BCUT2D eigenvalue weighted by atomic mass is 35.5. The van der Waals surface area contributed by atoms with Crippen molar-refractivity contribution in [2.24, 2.45) is 0 Å². The van der Waals surface area contributed by atoms with Crippen LogP contribution in [0.25, 0.3) is 0 Å². The van der Waals surface area contributed by atoms with Crippen molar-refractivity contribution >= 4 is 40.6 Å². The van der Waals surface area contributed by atoms with Gasteiger partial charge >= 0.3 is 5.97 Å². The number of carbonyl (C=O) groups excluding carboxylic acids is 2. The summed E-state index contributed by atoms with van der Waals surface area (Å²) >= 11 is 11.9. The summed E-state index contributed by atoms with van der Waals surface area (Å²) in [7, 11) is 0. The van der Waals surface area contributed by atoms with Crippen LogP contribution < -0.4 is 0 Å². The minimum Gasteiger partial charge on any atom is -0.445 e. The van der Waals surface area contributed by atoms with E-state index in [1.807, 2.05) is 0 Å². The minimum absolute atomic E-state index is 0.0254. The quantitative estimate of drug-likeness (QED) is 0.217. The summed E-state index contributed by atoms with van der Waals surface area (Å²) in [5, 5.41) is 11.4. The fraction of sp³-hybridized carbons (Fsp3) is 0.0476. The molecule has 0 aromatic heterocycles. The second-order valence-electron chi connectivity index (χ2n) is 5.99. The number of non-ortho nitro benzene ring substituents is 1. The first-order valence-corrected chi connectivity index (χ1v) is 9.12. The SMILES string of the molecule is O=C(O[C@H](C(=O)c1ccccc1)c1ccc(Cl)cc1)c1cc([N+](=O)[O-])ccc1Cl. The number of esters is 1. The van der Waals surface area contributed by atoms with Gasteiger partial charge in [0, 0.05) is 28.3 Å². The smallest absolute Gasteiger partial charge is 0.340 e. The van der Waals surface area contributed by atoms with E-state index in [-0.39, 0.29) is 16.3 Å². The van der Waals surface area contributed by atoms with Gasteiger partial charge in [-0.15, -0.1) is 0 Å². The lowest BCUT2D eigenvalue weighted by molar-refractivity contribution is -0.384. The molecule has 0 saturated heterocycles. The van der Waals surface area contributed by atoms with Crippen LogP contribution in [0.2, 0.25) is 10.0 Å². The highest BCUT2D eigenvalue weighted by Gasteiger charge is 2.28. The van der Waals surface area contributed by atoms with Gasteiger partial charge in [0.2, 0.25) is 5.78 Å². The number of halogens is 2. The van der Waals surface area contributed by atoms with Crippen LogP contribution in [-0.4, -0.2) is 16.7 Å². The number of hydrogen-bond acceptors (Lipinski definition) is 5. The second kappa shape index (κ2) is 8.86. The highest BCUT2D eigenvalue weighted by Crippen LogP contribution is 2.28. The second-order valence-corrected chi connectivity index (χ2v) is 6.83. The molecule has 0 spiro atoms. The number of nitrogens with zero attached hydrogens (tertiary/aromatic N) is 1. The maximum absolute atomic E-state index is 13.0. The van der Waals surface area contributed by atoms with Crippen molar-refractivity contribution in [3.05, 3.63) is 110 Å². The van der Waals surface area contributed by atoms with Gasteiger partial charge in [0.25, 0.3) is 5.69 Å². The lowest BCUT2D eigenvalue weighted by Crippen LogP contribution is -2.20. The molecule has 3 aromatic carbocycles. The highest BCUT2D eigenvalue weighted by molar-refractivity contribution is 6.33. The third-order valence-electron chi connectivity index (χ3n) is 4.07. The minimum atomic E-state index is -1.28. The van der Waals surface area contributed by atoms with E-state index in [4.69, 9.17) is 27.9 Å². The first-order valence-electron chi connectivity index (χ1n) is 8.36. The predicted molar refractivity (Wildman–Crippen MR) is 108 cm³/mol. The van der Waals surface area contributed by atoms with Crippen LogP contribution in [0.4, 0.5) is 5.69 Å². The lowest BCUT2D eigenvalue weighted by atomic mass is 9.99. The topological polar surface area (TPSA) is 86.5 Å². The van der Waals surface area contributed by atoms with E-state index < -0.39 is 22.8 Å². The maximum atomic E-state index is 13.0. The van der Waals surface area contributed by atoms with E-state index in [9.17, 15) is 19.7 Å². The van der Waals surface area contributed by atoms with Crippen LogP contribution in [0.15, 0.2) is 72.8 Å². The molecule has 0 radical (unpaired) electrons. The van der Waals surface area contributed by atoms with Crippen LogP contribution in [0, 0.1) is 10.1 Å². The Balaban J connectivity index is 1.98. The van der Waals surface area contributed by atoms with E-state index in [0.717, 1.165) is 6.07 Å². The van der Waals surface area contributed by atoms with E-state index in [2.05, 4.69) is 0 Å². The lowest BCUT2D eigenvalue weighted by Gasteiger charge is -2.18. The molecule has 0 saturated carbocycles. The van der Waals surface area contributed by atoms with Crippen LogP contribution in [0.1, 0.15) is 32.4 Å². The van der Waals surface area contributed by atoms with Crippen molar-refractivity contribution < 1.29 is 19.2 Å². The number of Topliss-reactive ketones (excluding diaryl/α,β-unsaturated/α-hetero) is 1. The first kappa shape index (κ1) is 20.5. The van der Waals surface area contributed by atoms with Gasteiger partial charge in [-0.3, -0.25) is 14.9 Å². The summed E-state index contributed by atoms with van der Waals surface area (Å²) in [5.74, 6) is -1.41. The molecule has 0 heterocycles. The number of rotatable bonds is 6. The van der Waals surface area contributed by atoms with Gasteiger partial charge < -0.3 is 4.74 Å². The number of nitro groups is 1. The molecule has 29 heavy (non-hydrogen) atoms. The molecule has 3 rings (SSSR count). The van der Waals surface area contributed by atoms with Crippen LogP contribution in [0.5, 0.6) is 0 Å². The van der Waals surface area contributed by atoms with Crippen LogP contribution >= 0.6 is 23.2 Å². The average molecular weight is 430 g/mol. The Morgan fingerprint density at radius 3 is 2.21 bits per heavy atom. The number of ketones is 1. The fourth-order valence-corrected chi connectivity index (χ4v) is 2.94. The molecule has 146 valence electrons. The van der Waals surface area contributed by atoms with E-state index in [1.54, 1.807) is 54.6 Å². The molecule has 0 aliphatic heterocycles. The van der Waals surface area contributed by atoms with E-state index >= 15 is 0 Å². The number of ether oxygens (including phenoxy) is 1. The molecule has 0 unspecified atom stereocenters. The summed E-state index contributed by atoms with van der Waals surface area (Å²) in [5.41, 5.74) is 0.211. The Kier molecular flexibility index (Phi) is 6.26. The third kappa shape index (κ3) is 4.80. The van der Waals surface area contributed by atoms with Crippen LogP contribution in [0.3, 0.4) is 0 Å². The molecule has 0 bridgehead atoms. The van der Waals surface area contributed by atoms with Crippen molar-refractivity contribution in [3.63, 3.8) is 0 Å². The molecule has 0 aliphatic carbocycles. The van der Waals surface area contributed by atoms with Gasteiger partial charge in [0.05, 0.1) is 15.5 Å². The Hall–Kier alpha value is -3.22. The fourth-order valence-electron chi connectivity index (χ4n) is 2.62. The van der Waals surface area contributed by atoms with Crippen molar-refractivity contribution in [3.8, 4) is 0 Å². The zero-order valence-electron chi connectivity index (χ0n) is 14.7. The summed E-state index contributed by atoms with van der Waals surface area (Å²) < 4.78 is 5.46. The normalized spacial score (nSPS) is 11.5. The summed E-state index contributed by atoms with van der Waals surface area (Å²) in [6.45, 7) is 0. The summed E-state index contributed by atoms with van der Waals surface area (Å²) in [4.78, 5) is 36.1. The van der Waals surface area contributed by atoms with Crippen molar-refractivity contribution in [1.82, 2.24) is 0 Å². The van der Waals surface area contributed by atoms with Crippen molar-refractivity contribution in [2.45, 2.75) is 6.10 Å². The Labute approximate surface area is 175 Å². The van der Waals surface area contributed by atoms with Gasteiger partial charge in [-0.25, -0.2) is 4.79 Å². The van der Waals surface area contributed by atoms with E-state index in [0.29, 0.717) is 16.1 Å². The number of benzene rings is 3. The summed E-state index contributed by atoms with van der Waals surface area (Å²) in [6, 6.07) is 18.0. The number of hydrogen-bond donors (Lipinski definition) is 0. The standard InChI is InChI=1S/C21H13Cl2NO5/c22-15-8-6-14(7-9-15)20(19(25)13-4-2-1-3-5-13)29-21(26)17-12-16(24(27)28)10-11-18(17)23/h1-12,20H/t20-/m0/s1. The molecule has 0 amide bonds. The molecule has 8 heteroatoms. The maximum Gasteiger partial charge on any atom is 0.340 e. The molecule has 6 nitrogen and oxygen atoms in total. The molecular formula is C21H13Cl2NO5. The molecule has 3 aromatic rings. The molecule has 1 atom stereocenters. The monoisotopic (exact) mass is 429 g/mol. The third-order valence-corrected chi connectivity index (χ3v) is 4.66. The largest absolute Gasteiger partial charge is 0.445 e. The van der Waals surface area contributed by atoms with Crippen LogP contribution in [-0.2, 0) is 4.74 Å². The zero-order valence-corrected chi connectivity index (χ0v) is 16.3. The first-order chi connectivity index (χ1) is 13.9. The summed E-state index contributed by atoms with van der Waals surface area (Å²) in [6.07, 6.45) is -1.28. The Morgan fingerprint density at radius 2 is 1.59 bits per heavy atom. The van der Waals surface area contributed by atoms with Gasteiger partial charge in [-0.1, -0.05) is 65.7 Å². The van der Waals surface area contributed by atoms with Gasteiger partial charge in [-0.2, -0.15) is 0 Å². The molecular weight excluding hydrogens is 417 g/mol.